The Kier molecular flexibility index (Phi) is 4.82. The van der Waals surface area contributed by atoms with E-state index < -0.39 is 8.07 Å². The zero-order valence-electron chi connectivity index (χ0n) is 12.8. The Bertz CT molecular complexity index is 337. The Labute approximate surface area is 113 Å². The first kappa shape index (κ1) is 15.5. The molecule has 0 aromatic heterocycles. The fourth-order valence-electron chi connectivity index (χ4n) is 2.35. The molecule has 18 heavy (non-hydrogen) atoms. The van der Waals surface area contributed by atoms with Gasteiger partial charge in [-0.05, 0) is 36.3 Å². The molecule has 0 fully saturated rings. The summed E-state index contributed by atoms with van der Waals surface area (Å²) in [6.07, 6.45) is 7.07. The van der Waals surface area contributed by atoms with E-state index in [1.165, 1.54) is 25.3 Å². The molecule has 0 aliphatic heterocycles. The SMILES string of the molecule is CC(=O)OC(C1=CCCCC1)[Si](C)(C)C(C)(C)C. The quantitative estimate of drug-likeness (QED) is 0.429. The molecule has 0 radical (unpaired) electrons. The van der Waals surface area contributed by atoms with Crippen LogP contribution in [-0.4, -0.2) is 19.8 Å². The predicted octanol–water partition coefficient (Wildman–Crippen LogP) is 4.47. The van der Waals surface area contributed by atoms with E-state index in [1.54, 1.807) is 0 Å². The maximum Gasteiger partial charge on any atom is 0.302 e. The van der Waals surface area contributed by atoms with Crippen LogP contribution in [0.1, 0.15) is 53.4 Å². The van der Waals surface area contributed by atoms with Gasteiger partial charge in [0, 0.05) is 6.92 Å². The van der Waals surface area contributed by atoms with E-state index in [9.17, 15) is 4.79 Å². The van der Waals surface area contributed by atoms with Crippen molar-refractivity contribution in [2.75, 3.05) is 0 Å². The molecule has 0 heterocycles. The zero-order chi connectivity index (χ0) is 14.0. The summed E-state index contributed by atoms with van der Waals surface area (Å²) < 4.78 is 5.74. The van der Waals surface area contributed by atoms with Gasteiger partial charge in [-0.25, -0.2) is 0 Å². The number of allylic oxidation sites excluding steroid dienone is 1. The van der Waals surface area contributed by atoms with Gasteiger partial charge in [0.2, 0.25) is 0 Å². The van der Waals surface area contributed by atoms with Gasteiger partial charge in [0.05, 0.1) is 0 Å². The molecule has 1 aliphatic carbocycles. The van der Waals surface area contributed by atoms with Gasteiger partial charge in [0.25, 0.3) is 0 Å². The zero-order valence-corrected chi connectivity index (χ0v) is 13.8. The number of carbonyl (C=O) groups is 1. The predicted molar refractivity (Wildman–Crippen MR) is 79.3 cm³/mol. The molecule has 0 aromatic carbocycles. The molecule has 1 atom stereocenters. The average Bonchev–Trinajstić information content (AvgIpc) is 2.25. The maximum atomic E-state index is 11.4. The topological polar surface area (TPSA) is 26.3 Å². The molecule has 0 amide bonds. The molecule has 0 saturated heterocycles. The van der Waals surface area contributed by atoms with Crippen molar-refractivity contribution in [1.29, 1.82) is 0 Å². The van der Waals surface area contributed by atoms with Crippen LogP contribution in [0, 0.1) is 0 Å². The normalized spacial score (nSPS) is 19.1. The minimum Gasteiger partial charge on any atom is -0.462 e. The summed E-state index contributed by atoms with van der Waals surface area (Å²) in [5.74, 6) is -0.142. The van der Waals surface area contributed by atoms with Crippen molar-refractivity contribution in [3.05, 3.63) is 11.6 Å². The Morgan fingerprint density at radius 1 is 1.33 bits per heavy atom. The highest BCUT2D eigenvalue weighted by Gasteiger charge is 2.45. The van der Waals surface area contributed by atoms with E-state index in [-0.39, 0.29) is 16.7 Å². The van der Waals surface area contributed by atoms with Crippen molar-refractivity contribution in [3.63, 3.8) is 0 Å². The van der Waals surface area contributed by atoms with Crippen molar-refractivity contribution >= 4 is 14.0 Å². The minimum atomic E-state index is -1.70. The fourth-order valence-corrected chi connectivity index (χ4v) is 4.78. The third-order valence-corrected chi connectivity index (χ3v) is 10.2. The molecule has 2 nitrogen and oxygen atoms in total. The first-order valence-electron chi connectivity index (χ1n) is 7.02. The summed E-state index contributed by atoms with van der Waals surface area (Å²) in [6, 6.07) is 0. The van der Waals surface area contributed by atoms with Gasteiger partial charge in [-0.3, -0.25) is 4.79 Å². The van der Waals surface area contributed by atoms with Gasteiger partial charge >= 0.3 is 5.97 Å². The highest BCUT2D eigenvalue weighted by atomic mass is 28.3. The largest absolute Gasteiger partial charge is 0.462 e. The molecule has 104 valence electrons. The number of esters is 1. The van der Waals surface area contributed by atoms with Crippen LogP contribution < -0.4 is 0 Å². The van der Waals surface area contributed by atoms with Gasteiger partial charge in [-0.2, -0.15) is 0 Å². The lowest BCUT2D eigenvalue weighted by Crippen LogP contribution is -2.52. The number of ether oxygens (including phenoxy) is 1. The number of rotatable bonds is 3. The second-order valence-electron chi connectivity index (χ2n) is 6.99. The first-order chi connectivity index (χ1) is 8.16. The maximum absolute atomic E-state index is 11.4. The second kappa shape index (κ2) is 5.60. The number of hydrogen-bond acceptors (Lipinski definition) is 2. The van der Waals surface area contributed by atoms with Gasteiger partial charge in [-0.1, -0.05) is 39.9 Å². The third kappa shape index (κ3) is 3.47. The lowest BCUT2D eigenvalue weighted by molar-refractivity contribution is -0.142. The fraction of sp³-hybridized carbons (Fsp3) is 0.800. The summed E-state index contributed by atoms with van der Waals surface area (Å²) in [6.45, 7) is 13.0. The van der Waals surface area contributed by atoms with Crippen LogP contribution in [-0.2, 0) is 9.53 Å². The molecule has 3 heteroatoms. The van der Waals surface area contributed by atoms with Gasteiger partial charge in [0.1, 0.15) is 13.8 Å². The molecule has 0 saturated carbocycles. The van der Waals surface area contributed by atoms with E-state index >= 15 is 0 Å². The van der Waals surface area contributed by atoms with Crippen LogP contribution in [0.5, 0.6) is 0 Å². The van der Waals surface area contributed by atoms with Crippen LogP contribution in [0.4, 0.5) is 0 Å². The molecule has 1 rings (SSSR count). The standard InChI is InChI=1S/C15H28O2Si/c1-12(16)17-14(13-10-8-7-9-11-13)18(5,6)15(2,3)4/h10,14H,7-9,11H2,1-6H3. The summed E-state index contributed by atoms with van der Waals surface area (Å²) in [7, 11) is -1.70. The van der Waals surface area contributed by atoms with Crippen LogP contribution in [0.15, 0.2) is 11.6 Å². The lowest BCUT2D eigenvalue weighted by atomic mass is 10.0. The van der Waals surface area contributed by atoms with Gasteiger partial charge in [-0.15, -0.1) is 0 Å². The Hall–Kier alpha value is -0.573. The monoisotopic (exact) mass is 268 g/mol. The third-order valence-electron chi connectivity index (χ3n) is 4.54. The van der Waals surface area contributed by atoms with Crippen LogP contribution in [0.3, 0.4) is 0 Å². The Morgan fingerprint density at radius 2 is 1.94 bits per heavy atom. The highest BCUT2D eigenvalue weighted by Crippen LogP contribution is 2.42. The minimum absolute atomic E-state index is 0.0512. The van der Waals surface area contributed by atoms with E-state index in [4.69, 9.17) is 4.74 Å². The van der Waals surface area contributed by atoms with E-state index in [0.717, 1.165) is 12.8 Å². The average molecular weight is 268 g/mol. The Balaban J connectivity index is 3.04. The van der Waals surface area contributed by atoms with Crippen molar-refractivity contribution in [3.8, 4) is 0 Å². The van der Waals surface area contributed by atoms with Crippen LogP contribution >= 0.6 is 0 Å². The number of carbonyl (C=O) groups excluding carboxylic acids is 1. The molecule has 0 bridgehead atoms. The summed E-state index contributed by atoms with van der Waals surface area (Å²) in [4.78, 5) is 11.4. The molecule has 0 spiro atoms. The smallest absolute Gasteiger partial charge is 0.302 e. The highest BCUT2D eigenvalue weighted by molar-refractivity contribution is 6.82. The van der Waals surface area contributed by atoms with Gasteiger partial charge in [0.15, 0.2) is 0 Å². The van der Waals surface area contributed by atoms with Crippen LogP contribution in [0.2, 0.25) is 18.1 Å². The summed E-state index contributed by atoms with van der Waals surface area (Å²) >= 11 is 0. The van der Waals surface area contributed by atoms with Crippen molar-refractivity contribution < 1.29 is 9.53 Å². The van der Waals surface area contributed by atoms with E-state index in [2.05, 4.69) is 39.9 Å². The van der Waals surface area contributed by atoms with Crippen molar-refractivity contribution in [2.24, 2.45) is 0 Å². The van der Waals surface area contributed by atoms with E-state index in [0.29, 0.717) is 0 Å². The van der Waals surface area contributed by atoms with Crippen LogP contribution in [0.25, 0.3) is 0 Å². The van der Waals surface area contributed by atoms with Gasteiger partial charge < -0.3 is 4.74 Å². The molecule has 0 N–H and O–H groups in total. The summed E-state index contributed by atoms with van der Waals surface area (Å²) in [5, 5.41) is 0.228. The molecule has 1 unspecified atom stereocenters. The molecule has 0 aromatic rings. The Morgan fingerprint density at radius 3 is 2.33 bits per heavy atom. The molecular formula is C15H28O2Si. The second-order valence-corrected chi connectivity index (χ2v) is 12.5. The van der Waals surface area contributed by atoms with E-state index in [1.807, 2.05) is 0 Å². The summed E-state index contributed by atoms with van der Waals surface area (Å²) in [5.41, 5.74) is 1.43. The van der Waals surface area contributed by atoms with Crippen molar-refractivity contribution in [2.45, 2.75) is 77.2 Å². The lowest BCUT2D eigenvalue weighted by Gasteiger charge is -2.43. The molecule has 1 aliphatic rings. The van der Waals surface area contributed by atoms with Crippen molar-refractivity contribution in [1.82, 2.24) is 0 Å². The first-order valence-corrected chi connectivity index (χ1v) is 10.1. The molecular weight excluding hydrogens is 240 g/mol. The number of hydrogen-bond donors (Lipinski definition) is 0.